The van der Waals surface area contributed by atoms with Crippen LogP contribution in [0.15, 0.2) is 54.6 Å². The van der Waals surface area contributed by atoms with E-state index in [9.17, 15) is 4.39 Å². The van der Waals surface area contributed by atoms with Gasteiger partial charge in [-0.15, -0.1) is 5.10 Å². The zero-order valence-corrected chi connectivity index (χ0v) is 17.0. The topological polar surface area (TPSA) is 90.9 Å². The number of fused-ring (bicyclic) bond motifs is 1. The number of rotatable bonds is 6. The third-order valence-electron chi connectivity index (χ3n) is 5.46. The lowest BCUT2D eigenvalue weighted by Crippen LogP contribution is -2.19. The van der Waals surface area contributed by atoms with Crippen LogP contribution in [0.3, 0.4) is 0 Å². The van der Waals surface area contributed by atoms with Crippen LogP contribution in [0.4, 0.5) is 16.2 Å². The molecule has 0 bridgehead atoms. The molecule has 0 aliphatic carbocycles. The highest BCUT2D eigenvalue weighted by Crippen LogP contribution is 2.33. The normalized spacial score (nSPS) is 16.1. The lowest BCUT2D eigenvalue weighted by atomic mass is 10.1. The van der Waals surface area contributed by atoms with E-state index in [1.807, 2.05) is 30.3 Å². The fraction of sp³-hybridized carbons (Fsp3) is 0.261. The Labute approximate surface area is 179 Å². The third kappa shape index (κ3) is 3.94. The van der Waals surface area contributed by atoms with Gasteiger partial charge in [0.15, 0.2) is 5.65 Å². The van der Waals surface area contributed by atoms with Crippen molar-refractivity contribution in [2.45, 2.75) is 25.5 Å². The first-order valence-corrected chi connectivity index (χ1v) is 10.4. The van der Waals surface area contributed by atoms with Gasteiger partial charge in [0.2, 0.25) is 5.95 Å². The standard InChI is InChI=1S/C23H23FN6O/c24-18-11-5-4-10-17(18)20-19-21(25)30(14-15-7-2-1-3-8-15)29-22(19)28-23(27-20)26-13-16-9-6-12-31-16/h1-5,7-8,10-11,16H,6,9,12-14,25H2,(H,26,28,29). The summed E-state index contributed by atoms with van der Waals surface area (Å²) in [5, 5.41) is 8.38. The second-order valence-corrected chi connectivity index (χ2v) is 7.62. The molecule has 7 nitrogen and oxygen atoms in total. The Morgan fingerprint density at radius 1 is 1.10 bits per heavy atom. The Morgan fingerprint density at radius 3 is 2.68 bits per heavy atom. The number of hydrogen-bond donors (Lipinski definition) is 2. The van der Waals surface area contributed by atoms with Crippen molar-refractivity contribution >= 4 is 22.8 Å². The van der Waals surface area contributed by atoms with Gasteiger partial charge in [0.25, 0.3) is 0 Å². The van der Waals surface area contributed by atoms with Crippen molar-refractivity contribution in [3.63, 3.8) is 0 Å². The highest BCUT2D eigenvalue weighted by atomic mass is 19.1. The summed E-state index contributed by atoms with van der Waals surface area (Å²) in [6.07, 6.45) is 2.17. The molecule has 8 heteroatoms. The fourth-order valence-electron chi connectivity index (χ4n) is 3.87. The molecule has 1 aliphatic rings. The SMILES string of the molecule is Nc1c2c(-c3ccccc3F)nc(NCC3CCCO3)nc2nn1Cc1ccccc1. The number of hydrogen-bond acceptors (Lipinski definition) is 6. The van der Waals surface area contributed by atoms with Crippen molar-refractivity contribution in [2.24, 2.45) is 0 Å². The molecule has 31 heavy (non-hydrogen) atoms. The van der Waals surface area contributed by atoms with Crippen molar-refractivity contribution in [1.82, 2.24) is 19.7 Å². The van der Waals surface area contributed by atoms with E-state index in [0.717, 1.165) is 25.0 Å². The van der Waals surface area contributed by atoms with Crippen LogP contribution in [0.2, 0.25) is 0 Å². The third-order valence-corrected chi connectivity index (χ3v) is 5.46. The van der Waals surface area contributed by atoms with E-state index in [1.54, 1.807) is 22.9 Å². The van der Waals surface area contributed by atoms with Gasteiger partial charge < -0.3 is 15.8 Å². The maximum absolute atomic E-state index is 14.7. The smallest absolute Gasteiger partial charge is 0.225 e. The van der Waals surface area contributed by atoms with Crippen molar-refractivity contribution in [2.75, 3.05) is 24.2 Å². The van der Waals surface area contributed by atoms with Crippen molar-refractivity contribution in [3.8, 4) is 11.3 Å². The Hall–Kier alpha value is -3.52. The number of anilines is 2. The molecule has 5 rings (SSSR count). The van der Waals surface area contributed by atoms with Crippen LogP contribution in [-0.4, -0.2) is 39.0 Å². The number of aromatic nitrogens is 4. The Bertz CT molecular complexity index is 1200. The zero-order chi connectivity index (χ0) is 21.2. The average molecular weight is 418 g/mol. The zero-order valence-electron chi connectivity index (χ0n) is 17.0. The molecule has 1 atom stereocenters. The van der Waals surface area contributed by atoms with Crippen LogP contribution < -0.4 is 11.1 Å². The van der Waals surface area contributed by atoms with Gasteiger partial charge in [-0.1, -0.05) is 42.5 Å². The molecule has 2 aromatic heterocycles. The van der Waals surface area contributed by atoms with Gasteiger partial charge in [-0.3, -0.25) is 0 Å². The van der Waals surface area contributed by atoms with Crippen LogP contribution in [0.1, 0.15) is 18.4 Å². The molecule has 4 aromatic rings. The van der Waals surface area contributed by atoms with Crippen molar-refractivity contribution in [3.05, 3.63) is 66.0 Å². The number of nitrogens with two attached hydrogens (primary N) is 1. The summed E-state index contributed by atoms with van der Waals surface area (Å²) in [6.45, 7) is 1.84. The van der Waals surface area contributed by atoms with Gasteiger partial charge >= 0.3 is 0 Å². The molecule has 2 aromatic carbocycles. The summed E-state index contributed by atoms with van der Waals surface area (Å²) >= 11 is 0. The first-order valence-electron chi connectivity index (χ1n) is 10.4. The van der Waals surface area contributed by atoms with Crippen LogP contribution in [-0.2, 0) is 11.3 Å². The summed E-state index contributed by atoms with van der Waals surface area (Å²) in [6, 6.07) is 16.4. The lowest BCUT2D eigenvalue weighted by Gasteiger charge is -2.12. The first kappa shape index (κ1) is 19.4. The van der Waals surface area contributed by atoms with Crippen LogP contribution in [0, 0.1) is 5.82 Å². The highest BCUT2D eigenvalue weighted by molar-refractivity contribution is 5.99. The molecule has 1 saturated heterocycles. The summed E-state index contributed by atoms with van der Waals surface area (Å²) < 4.78 is 22.0. The summed E-state index contributed by atoms with van der Waals surface area (Å²) in [7, 11) is 0. The van der Waals surface area contributed by atoms with E-state index in [-0.39, 0.29) is 11.9 Å². The second-order valence-electron chi connectivity index (χ2n) is 7.62. The number of benzene rings is 2. The molecule has 1 fully saturated rings. The molecular formula is C23H23FN6O. The van der Waals surface area contributed by atoms with Gasteiger partial charge in [0.05, 0.1) is 23.7 Å². The number of nitrogens with zero attached hydrogens (tertiary/aromatic N) is 4. The quantitative estimate of drug-likeness (QED) is 0.494. The van der Waals surface area contributed by atoms with Crippen molar-refractivity contribution < 1.29 is 9.13 Å². The number of nitrogen functional groups attached to an aromatic ring is 1. The first-order chi connectivity index (χ1) is 15.2. The average Bonchev–Trinajstić information content (AvgIpc) is 3.41. The monoisotopic (exact) mass is 418 g/mol. The maximum atomic E-state index is 14.7. The predicted molar refractivity (Wildman–Crippen MR) is 118 cm³/mol. The molecule has 3 heterocycles. The molecule has 0 saturated carbocycles. The summed E-state index contributed by atoms with van der Waals surface area (Å²) in [5.74, 6) is 0.413. The van der Waals surface area contributed by atoms with Crippen molar-refractivity contribution in [1.29, 1.82) is 0 Å². The molecule has 0 amide bonds. The number of nitrogens with one attached hydrogen (secondary N) is 1. The molecule has 0 radical (unpaired) electrons. The minimum absolute atomic E-state index is 0.122. The predicted octanol–water partition coefficient (Wildman–Crippen LogP) is 3.85. The van der Waals surface area contributed by atoms with Gasteiger partial charge in [-0.05, 0) is 30.5 Å². The Kier molecular flexibility index (Phi) is 5.21. The molecule has 1 aliphatic heterocycles. The largest absolute Gasteiger partial charge is 0.383 e. The van der Waals surface area contributed by atoms with Crippen LogP contribution >= 0.6 is 0 Å². The van der Waals surface area contributed by atoms with Gasteiger partial charge in [-0.25, -0.2) is 14.1 Å². The van der Waals surface area contributed by atoms with Crippen LogP contribution in [0.25, 0.3) is 22.3 Å². The number of halogens is 1. The van der Waals surface area contributed by atoms with E-state index in [0.29, 0.717) is 47.1 Å². The molecule has 0 spiro atoms. The van der Waals surface area contributed by atoms with E-state index in [4.69, 9.17) is 10.5 Å². The van der Waals surface area contributed by atoms with E-state index in [2.05, 4.69) is 20.4 Å². The Morgan fingerprint density at radius 2 is 1.90 bits per heavy atom. The molecular weight excluding hydrogens is 395 g/mol. The molecule has 1 unspecified atom stereocenters. The molecule has 3 N–H and O–H groups in total. The summed E-state index contributed by atoms with van der Waals surface area (Å²) in [4.78, 5) is 9.19. The number of ether oxygens (including phenoxy) is 1. The van der Waals surface area contributed by atoms with E-state index < -0.39 is 0 Å². The Balaban J connectivity index is 1.59. The van der Waals surface area contributed by atoms with Gasteiger partial charge in [0, 0.05) is 18.7 Å². The lowest BCUT2D eigenvalue weighted by molar-refractivity contribution is 0.120. The molecule has 158 valence electrons. The fourth-order valence-corrected chi connectivity index (χ4v) is 3.87. The van der Waals surface area contributed by atoms with Gasteiger partial charge in [-0.2, -0.15) is 4.98 Å². The summed E-state index contributed by atoms with van der Waals surface area (Å²) in [5.41, 5.74) is 8.73. The van der Waals surface area contributed by atoms with Gasteiger partial charge in [0.1, 0.15) is 11.6 Å². The van der Waals surface area contributed by atoms with E-state index >= 15 is 0 Å². The minimum Gasteiger partial charge on any atom is -0.383 e. The maximum Gasteiger partial charge on any atom is 0.225 e. The minimum atomic E-state index is -0.372. The highest BCUT2D eigenvalue weighted by Gasteiger charge is 2.21. The van der Waals surface area contributed by atoms with Crippen LogP contribution in [0.5, 0.6) is 0 Å². The second kappa shape index (κ2) is 8.31. The van der Waals surface area contributed by atoms with E-state index in [1.165, 1.54) is 6.07 Å².